The van der Waals surface area contributed by atoms with Crippen LogP contribution in [-0.2, 0) is 4.74 Å². The van der Waals surface area contributed by atoms with Gasteiger partial charge in [-0.2, -0.15) is 0 Å². The molecule has 0 aliphatic carbocycles. The number of imidazole rings is 1. The van der Waals surface area contributed by atoms with Gasteiger partial charge in [0, 0.05) is 0 Å². The summed E-state index contributed by atoms with van der Waals surface area (Å²) in [4.78, 5) is 4.08. The number of halogens is 1. The molecule has 1 saturated heterocycles. The van der Waals surface area contributed by atoms with Crippen molar-refractivity contribution in [1.82, 2.24) is 9.55 Å². The Hall–Kier alpha value is -0.550. The minimum absolute atomic E-state index is 0.372. The molecule has 0 bridgehead atoms. The molecule has 66 valence electrons. The monoisotopic (exact) mass is 232 g/mol. The van der Waals surface area contributed by atoms with Crippen LogP contribution in [0.4, 0.5) is 0 Å². The van der Waals surface area contributed by atoms with Gasteiger partial charge in [-0.25, -0.2) is 4.98 Å². The van der Waals surface area contributed by atoms with E-state index in [1.54, 1.807) is 13.3 Å². The quantitative estimate of drug-likeness (QED) is 0.770. The van der Waals surface area contributed by atoms with Crippen molar-refractivity contribution in [2.24, 2.45) is 0 Å². The molecular weight excluding hydrogens is 224 g/mol. The highest BCUT2D eigenvalue weighted by molar-refractivity contribution is 9.10. The molecule has 0 amide bonds. The number of ether oxygens (including phenoxy) is 2. The zero-order chi connectivity index (χ0) is 8.55. The summed E-state index contributed by atoms with van der Waals surface area (Å²) >= 11 is 3.40. The number of hydrogen-bond acceptors (Lipinski definition) is 3. The number of aromatic nitrogens is 2. The summed E-state index contributed by atoms with van der Waals surface area (Å²) in [7, 11) is 1.62. The number of rotatable bonds is 2. The lowest BCUT2D eigenvalue weighted by molar-refractivity contribution is -0.0270. The lowest BCUT2D eigenvalue weighted by atomic mass is 10.2. The lowest BCUT2D eigenvalue weighted by Crippen LogP contribution is -2.31. The highest BCUT2D eigenvalue weighted by Gasteiger charge is 2.25. The Morgan fingerprint density at radius 1 is 1.75 bits per heavy atom. The predicted molar refractivity (Wildman–Crippen MR) is 46.3 cm³/mol. The third-order valence-corrected chi connectivity index (χ3v) is 2.47. The Morgan fingerprint density at radius 3 is 3.00 bits per heavy atom. The fourth-order valence-corrected chi connectivity index (χ4v) is 1.72. The molecular formula is C7H9BrN2O2. The Labute approximate surface area is 78.6 Å². The second kappa shape index (κ2) is 3.06. The van der Waals surface area contributed by atoms with E-state index in [4.69, 9.17) is 9.47 Å². The Balaban J connectivity index is 2.31. The van der Waals surface area contributed by atoms with Crippen molar-refractivity contribution in [3.05, 3.63) is 10.8 Å². The summed E-state index contributed by atoms with van der Waals surface area (Å²) < 4.78 is 13.1. The van der Waals surface area contributed by atoms with Crippen molar-refractivity contribution in [2.45, 2.75) is 6.04 Å². The fraction of sp³-hybridized carbons (Fsp3) is 0.571. The van der Waals surface area contributed by atoms with Crippen LogP contribution in [-0.4, -0.2) is 29.9 Å². The van der Waals surface area contributed by atoms with Gasteiger partial charge < -0.3 is 9.47 Å². The first kappa shape index (κ1) is 8.07. The van der Waals surface area contributed by atoms with Crippen molar-refractivity contribution >= 4 is 15.9 Å². The van der Waals surface area contributed by atoms with Crippen LogP contribution in [0.25, 0.3) is 0 Å². The molecule has 12 heavy (non-hydrogen) atoms. The topological polar surface area (TPSA) is 36.3 Å². The summed E-state index contributed by atoms with van der Waals surface area (Å²) in [5.74, 6) is 0. The predicted octanol–water partition coefficient (Wildman–Crippen LogP) is 1.23. The molecule has 5 heteroatoms. The third kappa shape index (κ3) is 1.13. The molecule has 0 aromatic carbocycles. The van der Waals surface area contributed by atoms with Crippen molar-refractivity contribution in [1.29, 1.82) is 0 Å². The van der Waals surface area contributed by atoms with Gasteiger partial charge in [0.05, 0.1) is 32.6 Å². The number of methoxy groups -OCH3 is 1. The number of hydrogen-bond donors (Lipinski definition) is 0. The molecule has 1 aromatic rings. The van der Waals surface area contributed by atoms with E-state index >= 15 is 0 Å². The van der Waals surface area contributed by atoms with E-state index in [1.165, 1.54) is 0 Å². The van der Waals surface area contributed by atoms with Gasteiger partial charge in [0.1, 0.15) is 4.60 Å². The molecule has 0 N–H and O–H groups in total. The largest absolute Gasteiger partial charge is 0.468 e. The molecule has 1 aliphatic rings. The highest BCUT2D eigenvalue weighted by atomic mass is 79.9. The standard InChI is InChI=1S/C7H9BrN2O2/c1-11-7-9-2-6(8)10(7)5-3-12-4-5/h2,5H,3-4H2,1H3. The average Bonchev–Trinajstić information content (AvgIpc) is 2.30. The van der Waals surface area contributed by atoms with Crippen LogP contribution >= 0.6 is 15.9 Å². The van der Waals surface area contributed by atoms with Crippen molar-refractivity contribution < 1.29 is 9.47 Å². The van der Waals surface area contributed by atoms with E-state index in [1.807, 2.05) is 4.57 Å². The zero-order valence-electron chi connectivity index (χ0n) is 6.66. The first-order chi connectivity index (χ1) is 5.83. The van der Waals surface area contributed by atoms with Crippen LogP contribution < -0.4 is 4.74 Å². The minimum Gasteiger partial charge on any atom is -0.468 e. The maximum atomic E-state index is 5.09. The van der Waals surface area contributed by atoms with Crippen LogP contribution in [0.3, 0.4) is 0 Å². The van der Waals surface area contributed by atoms with Crippen molar-refractivity contribution in [3.8, 4) is 6.01 Å². The van der Waals surface area contributed by atoms with Crippen LogP contribution in [0.15, 0.2) is 10.8 Å². The van der Waals surface area contributed by atoms with Crippen molar-refractivity contribution in [2.75, 3.05) is 20.3 Å². The van der Waals surface area contributed by atoms with Gasteiger partial charge in [-0.05, 0) is 15.9 Å². The molecule has 2 rings (SSSR count). The summed E-state index contributed by atoms with van der Waals surface area (Å²) in [6.07, 6.45) is 1.73. The molecule has 0 spiro atoms. The van der Waals surface area contributed by atoms with Crippen molar-refractivity contribution in [3.63, 3.8) is 0 Å². The van der Waals surface area contributed by atoms with Gasteiger partial charge in [-0.15, -0.1) is 0 Å². The summed E-state index contributed by atoms with van der Waals surface area (Å²) in [6.45, 7) is 1.48. The van der Waals surface area contributed by atoms with Gasteiger partial charge in [0.25, 0.3) is 6.01 Å². The first-order valence-corrected chi connectivity index (χ1v) is 4.46. The lowest BCUT2D eigenvalue weighted by Gasteiger charge is -2.28. The van der Waals surface area contributed by atoms with Crippen LogP contribution in [0.1, 0.15) is 6.04 Å². The molecule has 4 nitrogen and oxygen atoms in total. The van der Waals surface area contributed by atoms with Gasteiger partial charge in [-0.1, -0.05) is 0 Å². The fourth-order valence-electron chi connectivity index (χ4n) is 1.18. The Kier molecular flexibility index (Phi) is 2.06. The van der Waals surface area contributed by atoms with Gasteiger partial charge >= 0.3 is 0 Å². The second-order valence-corrected chi connectivity index (χ2v) is 3.44. The average molecular weight is 233 g/mol. The smallest absolute Gasteiger partial charge is 0.297 e. The number of nitrogens with zero attached hydrogens (tertiary/aromatic N) is 2. The first-order valence-electron chi connectivity index (χ1n) is 3.67. The molecule has 1 fully saturated rings. The Morgan fingerprint density at radius 2 is 2.50 bits per heavy atom. The molecule has 1 aliphatic heterocycles. The van der Waals surface area contributed by atoms with E-state index in [0.29, 0.717) is 12.1 Å². The summed E-state index contributed by atoms with van der Waals surface area (Å²) in [5, 5.41) is 0. The molecule has 1 aromatic heterocycles. The SMILES string of the molecule is COc1ncc(Br)n1C1COC1. The van der Waals surface area contributed by atoms with Crippen LogP contribution in [0.2, 0.25) is 0 Å². The maximum absolute atomic E-state index is 5.09. The van der Waals surface area contributed by atoms with Gasteiger partial charge in [-0.3, -0.25) is 4.57 Å². The van der Waals surface area contributed by atoms with E-state index in [0.717, 1.165) is 17.8 Å². The maximum Gasteiger partial charge on any atom is 0.297 e. The van der Waals surface area contributed by atoms with Gasteiger partial charge in [0.15, 0.2) is 0 Å². The third-order valence-electron chi connectivity index (χ3n) is 1.89. The minimum atomic E-state index is 0.372. The van der Waals surface area contributed by atoms with Crippen LogP contribution in [0, 0.1) is 0 Å². The van der Waals surface area contributed by atoms with E-state index in [2.05, 4.69) is 20.9 Å². The molecule has 0 radical (unpaired) electrons. The molecule has 0 atom stereocenters. The zero-order valence-corrected chi connectivity index (χ0v) is 8.24. The van der Waals surface area contributed by atoms with Crippen LogP contribution in [0.5, 0.6) is 6.01 Å². The molecule has 2 heterocycles. The van der Waals surface area contributed by atoms with E-state index < -0.39 is 0 Å². The highest BCUT2D eigenvalue weighted by Crippen LogP contribution is 2.28. The second-order valence-electron chi connectivity index (χ2n) is 2.63. The summed E-state index contributed by atoms with van der Waals surface area (Å²) in [6, 6.07) is 1.01. The molecule has 0 saturated carbocycles. The normalized spacial score (nSPS) is 17.5. The van der Waals surface area contributed by atoms with Gasteiger partial charge in [0.2, 0.25) is 0 Å². The van der Waals surface area contributed by atoms with E-state index in [-0.39, 0.29) is 0 Å². The Bertz CT molecular complexity index is 283. The summed E-state index contributed by atoms with van der Waals surface area (Å²) in [5.41, 5.74) is 0. The van der Waals surface area contributed by atoms with E-state index in [9.17, 15) is 0 Å². The molecule has 0 unspecified atom stereocenters.